The summed E-state index contributed by atoms with van der Waals surface area (Å²) in [7, 11) is 0. The molecule has 0 aliphatic carbocycles. The van der Waals surface area contributed by atoms with Crippen LogP contribution in [-0.2, 0) is 4.79 Å². The fourth-order valence-electron chi connectivity index (χ4n) is 0.940. The maximum atomic E-state index is 12.6. The Morgan fingerprint density at radius 3 is 2.25 bits per heavy atom. The van der Waals surface area contributed by atoms with Gasteiger partial charge in [-0.1, -0.05) is 27.7 Å². The number of hydrogen-bond acceptors (Lipinski definition) is 2. The van der Waals surface area contributed by atoms with Crippen molar-refractivity contribution in [1.82, 2.24) is 5.32 Å². The summed E-state index contributed by atoms with van der Waals surface area (Å²) >= 11 is 0. The minimum Gasteiger partial charge on any atom is -0.390 e. The van der Waals surface area contributed by atoms with Crippen LogP contribution in [-0.4, -0.2) is 30.1 Å². The van der Waals surface area contributed by atoms with Crippen LogP contribution in [0.5, 0.6) is 0 Å². The van der Waals surface area contributed by atoms with E-state index < -0.39 is 25.0 Å². The number of carbonyl (C=O) groups is 1. The molecular weight excluding hydrogens is 216 g/mol. The van der Waals surface area contributed by atoms with E-state index in [1.165, 1.54) is 0 Å². The maximum absolute atomic E-state index is 12.6. The van der Waals surface area contributed by atoms with Crippen LogP contribution in [0, 0.1) is 11.3 Å². The highest BCUT2D eigenvalue weighted by Crippen LogP contribution is 2.27. The summed E-state index contributed by atoms with van der Waals surface area (Å²) in [4.78, 5) is 11.3. The molecule has 0 aromatic carbocycles. The smallest absolute Gasteiger partial charge is 0.287 e. The van der Waals surface area contributed by atoms with E-state index in [2.05, 4.69) is 5.32 Å². The Hall–Kier alpha value is -0.710. The standard InChI is InChI=1S/C11H21F2NO2/c1-8(10(2,3)4)5-9(16)14-6-11(12,13)7-15/h8,15H,5-7H2,1-4H3,(H,14,16). The molecule has 1 unspecified atom stereocenters. The van der Waals surface area contributed by atoms with Gasteiger partial charge in [0.25, 0.3) is 5.92 Å². The van der Waals surface area contributed by atoms with Crippen molar-refractivity contribution in [1.29, 1.82) is 0 Å². The number of halogens is 2. The van der Waals surface area contributed by atoms with E-state index in [1.807, 2.05) is 27.7 Å². The minimum absolute atomic E-state index is 0.0309. The van der Waals surface area contributed by atoms with Gasteiger partial charge in [-0.05, 0) is 11.3 Å². The minimum atomic E-state index is -3.24. The van der Waals surface area contributed by atoms with Gasteiger partial charge in [0.1, 0.15) is 6.61 Å². The quantitative estimate of drug-likeness (QED) is 0.766. The van der Waals surface area contributed by atoms with Crippen LogP contribution >= 0.6 is 0 Å². The van der Waals surface area contributed by atoms with Gasteiger partial charge in [-0.2, -0.15) is 0 Å². The maximum Gasteiger partial charge on any atom is 0.287 e. The second-order valence-electron chi connectivity index (χ2n) is 5.26. The largest absolute Gasteiger partial charge is 0.390 e. The van der Waals surface area contributed by atoms with Gasteiger partial charge in [0.05, 0.1) is 6.54 Å². The summed E-state index contributed by atoms with van der Waals surface area (Å²) in [6, 6.07) is 0. The second-order valence-corrected chi connectivity index (χ2v) is 5.26. The molecule has 0 aromatic heterocycles. The molecule has 0 radical (unpaired) electrons. The molecule has 1 atom stereocenters. The van der Waals surface area contributed by atoms with Crippen molar-refractivity contribution >= 4 is 5.91 Å². The lowest BCUT2D eigenvalue weighted by molar-refractivity contribution is -0.125. The molecule has 0 rings (SSSR count). The molecule has 0 fully saturated rings. The SMILES string of the molecule is CC(CC(=O)NCC(F)(F)CO)C(C)(C)C. The third-order valence-corrected chi connectivity index (χ3v) is 2.75. The highest BCUT2D eigenvalue weighted by atomic mass is 19.3. The van der Waals surface area contributed by atoms with E-state index in [0.717, 1.165) is 0 Å². The van der Waals surface area contributed by atoms with E-state index in [1.54, 1.807) is 0 Å². The first-order chi connectivity index (χ1) is 7.08. The Labute approximate surface area is 95.2 Å². The predicted octanol–water partition coefficient (Wildman–Crippen LogP) is 1.80. The van der Waals surface area contributed by atoms with Crippen molar-refractivity contribution in [2.45, 2.75) is 40.0 Å². The lowest BCUT2D eigenvalue weighted by atomic mass is 9.80. The van der Waals surface area contributed by atoms with E-state index in [4.69, 9.17) is 5.11 Å². The molecule has 2 N–H and O–H groups in total. The summed E-state index contributed by atoms with van der Waals surface area (Å²) in [5, 5.41) is 10.4. The molecule has 3 nitrogen and oxygen atoms in total. The van der Waals surface area contributed by atoms with Crippen molar-refractivity contribution in [2.24, 2.45) is 11.3 Å². The van der Waals surface area contributed by atoms with Gasteiger partial charge in [-0.25, -0.2) is 8.78 Å². The van der Waals surface area contributed by atoms with Gasteiger partial charge in [-0.3, -0.25) is 4.79 Å². The fourth-order valence-corrected chi connectivity index (χ4v) is 0.940. The number of carbonyl (C=O) groups excluding carboxylic acids is 1. The first-order valence-corrected chi connectivity index (χ1v) is 5.34. The Morgan fingerprint density at radius 2 is 1.88 bits per heavy atom. The molecule has 16 heavy (non-hydrogen) atoms. The molecule has 96 valence electrons. The summed E-state index contributed by atoms with van der Waals surface area (Å²) < 4.78 is 25.2. The number of alkyl halides is 2. The lowest BCUT2D eigenvalue weighted by Gasteiger charge is -2.26. The van der Waals surface area contributed by atoms with Crippen molar-refractivity contribution in [2.75, 3.05) is 13.2 Å². The van der Waals surface area contributed by atoms with Crippen LogP contribution < -0.4 is 5.32 Å². The molecule has 0 aromatic rings. The van der Waals surface area contributed by atoms with E-state index >= 15 is 0 Å². The zero-order valence-electron chi connectivity index (χ0n) is 10.3. The first kappa shape index (κ1) is 15.3. The second kappa shape index (κ2) is 5.57. The van der Waals surface area contributed by atoms with Crippen molar-refractivity contribution in [3.8, 4) is 0 Å². The molecule has 0 saturated heterocycles. The molecule has 0 heterocycles. The van der Waals surface area contributed by atoms with Crippen molar-refractivity contribution in [3.05, 3.63) is 0 Å². The summed E-state index contributed by atoms with van der Waals surface area (Å²) in [5.41, 5.74) is -0.0309. The Balaban J connectivity index is 4.02. The number of aliphatic hydroxyl groups is 1. The molecule has 1 amide bonds. The summed E-state index contributed by atoms with van der Waals surface area (Å²) in [6.07, 6.45) is 0.213. The van der Waals surface area contributed by atoms with Gasteiger partial charge < -0.3 is 10.4 Å². The summed E-state index contributed by atoms with van der Waals surface area (Å²) in [6.45, 7) is 5.83. The van der Waals surface area contributed by atoms with Crippen LogP contribution in [0.2, 0.25) is 0 Å². The van der Waals surface area contributed by atoms with E-state index in [9.17, 15) is 13.6 Å². The van der Waals surface area contributed by atoms with Gasteiger partial charge >= 0.3 is 0 Å². The van der Waals surface area contributed by atoms with Crippen LogP contribution in [0.4, 0.5) is 8.78 Å². The third-order valence-electron chi connectivity index (χ3n) is 2.75. The van der Waals surface area contributed by atoms with E-state index in [0.29, 0.717) is 0 Å². The molecule has 0 aliphatic rings. The number of aliphatic hydroxyl groups excluding tert-OH is 1. The number of amides is 1. The zero-order chi connectivity index (χ0) is 13.0. The Bertz CT molecular complexity index is 237. The Morgan fingerprint density at radius 1 is 1.38 bits per heavy atom. The number of rotatable bonds is 5. The third kappa shape index (κ3) is 6.00. The topological polar surface area (TPSA) is 49.3 Å². The first-order valence-electron chi connectivity index (χ1n) is 5.34. The number of nitrogens with one attached hydrogen (secondary N) is 1. The fraction of sp³-hybridized carbons (Fsp3) is 0.909. The van der Waals surface area contributed by atoms with Gasteiger partial charge in [0.2, 0.25) is 5.91 Å². The normalized spacial score (nSPS) is 14.7. The predicted molar refractivity (Wildman–Crippen MR) is 58.3 cm³/mol. The highest BCUT2D eigenvalue weighted by molar-refractivity contribution is 5.76. The average molecular weight is 237 g/mol. The van der Waals surface area contributed by atoms with Gasteiger partial charge in [-0.15, -0.1) is 0 Å². The highest BCUT2D eigenvalue weighted by Gasteiger charge is 2.29. The van der Waals surface area contributed by atoms with Crippen LogP contribution in [0.3, 0.4) is 0 Å². The molecule has 0 saturated carbocycles. The molecule has 0 bridgehead atoms. The van der Waals surface area contributed by atoms with Crippen molar-refractivity contribution in [3.63, 3.8) is 0 Å². The molecule has 0 spiro atoms. The number of hydrogen-bond donors (Lipinski definition) is 2. The van der Waals surface area contributed by atoms with Gasteiger partial charge in [0, 0.05) is 6.42 Å². The van der Waals surface area contributed by atoms with Crippen LogP contribution in [0.15, 0.2) is 0 Å². The molecular formula is C11H21F2NO2. The van der Waals surface area contributed by atoms with Crippen LogP contribution in [0.25, 0.3) is 0 Å². The molecule has 5 heteroatoms. The lowest BCUT2D eigenvalue weighted by Crippen LogP contribution is -2.40. The van der Waals surface area contributed by atoms with Crippen LogP contribution in [0.1, 0.15) is 34.1 Å². The van der Waals surface area contributed by atoms with Crippen molar-refractivity contribution < 1.29 is 18.7 Å². The summed E-state index contributed by atoms with van der Waals surface area (Å²) in [5.74, 6) is -3.54. The average Bonchev–Trinajstić information content (AvgIpc) is 2.13. The zero-order valence-corrected chi connectivity index (χ0v) is 10.3. The monoisotopic (exact) mass is 237 g/mol. The van der Waals surface area contributed by atoms with Gasteiger partial charge in [0.15, 0.2) is 0 Å². The molecule has 0 aliphatic heterocycles. The van der Waals surface area contributed by atoms with E-state index in [-0.39, 0.29) is 17.8 Å². The Kier molecular flexibility index (Phi) is 5.32.